The molecule has 0 spiro atoms. The zero-order valence-corrected chi connectivity index (χ0v) is 11.6. The number of carboxylic acid groups (broad SMARTS) is 1. The summed E-state index contributed by atoms with van der Waals surface area (Å²) < 4.78 is 0. The SMILES string of the molecule is CCN(CC(=O)O)CC(=O)Nc1ccc(C)cc1C. The summed E-state index contributed by atoms with van der Waals surface area (Å²) in [5.74, 6) is -1.13. The van der Waals surface area contributed by atoms with E-state index in [4.69, 9.17) is 5.11 Å². The molecule has 0 atom stereocenters. The van der Waals surface area contributed by atoms with Crippen molar-refractivity contribution in [3.63, 3.8) is 0 Å². The Labute approximate surface area is 113 Å². The van der Waals surface area contributed by atoms with Gasteiger partial charge in [0.05, 0.1) is 13.1 Å². The molecule has 2 N–H and O–H groups in total. The fourth-order valence-corrected chi connectivity index (χ4v) is 1.82. The molecule has 0 aliphatic heterocycles. The van der Waals surface area contributed by atoms with Crippen molar-refractivity contribution in [2.75, 3.05) is 25.0 Å². The lowest BCUT2D eigenvalue weighted by Gasteiger charge is -2.18. The number of nitrogens with zero attached hydrogens (tertiary/aromatic N) is 1. The maximum Gasteiger partial charge on any atom is 0.317 e. The quantitative estimate of drug-likeness (QED) is 0.819. The molecule has 0 aliphatic rings. The van der Waals surface area contributed by atoms with E-state index in [-0.39, 0.29) is 19.0 Å². The molecule has 0 aliphatic carbocycles. The van der Waals surface area contributed by atoms with Crippen molar-refractivity contribution in [3.8, 4) is 0 Å². The number of likely N-dealkylation sites (N-methyl/N-ethyl adjacent to an activating group) is 1. The highest BCUT2D eigenvalue weighted by Gasteiger charge is 2.12. The van der Waals surface area contributed by atoms with Crippen LogP contribution in [0.4, 0.5) is 5.69 Å². The van der Waals surface area contributed by atoms with Gasteiger partial charge in [0.15, 0.2) is 0 Å². The van der Waals surface area contributed by atoms with Crippen molar-refractivity contribution in [3.05, 3.63) is 29.3 Å². The molecule has 19 heavy (non-hydrogen) atoms. The van der Waals surface area contributed by atoms with Gasteiger partial charge in [-0.2, -0.15) is 0 Å². The Bertz CT molecular complexity index is 472. The molecule has 1 rings (SSSR count). The van der Waals surface area contributed by atoms with E-state index in [0.717, 1.165) is 16.8 Å². The number of nitrogens with one attached hydrogen (secondary N) is 1. The third kappa shape index (κ3) is 5.09. The zero-order valence-electron chi connectivity index (χ0n) is 11.6. The van der Waals surface area contributed by atoms with Crippen LogP contribution in [-0.2, 0) is 9.59 Å². The molecule has 5 nitrogen and oxygen atoms in total. The molecule has 5 heteroatoms. The number of amides is 1. The van der Waals surface area contributed by atoms with Crippen molar-refractivity contribution >= 4 is 17.6 Å². The van der Waals surface area contributed by atoms with E-state index in [1.165, 1.54) is 0 Å². The normalized spacial score (nSPS) is 10.5. The van der Waals surface area contributed by atoms with Crippen molar-refractivity contribution in [2.45, 2.75) is 20.8 Å². The highest BCUT2D eigenvalue weighted by Crippen LogP contribution is 2.15. The fourth-order valence-electron chi connectivity index (χ4n) is 1.82. The molecule has 0 saturated carbocycles. The second-order valence-corrected chi connectivity index (χ2v) is 4.56. The summed E-state index contributed by atoms with van der Waals surface area (Å²) in [6.45, 7) is 6.22. The van der Waals surface area contributed by atoms with Gasteiger partial charge in [-0.3, -0.25) is 14.5 Å². The maximum absolute atomic E-state index is 11.9. The predicted octanol–water partition coefficient (Wildman–Crippen LogP) is 1.65. The van der Waals surface area contributed by atoms with Crippen molar-refractivity contribution in [1.82, 2.24) is 4.90 Å². The van der Waals surface area contributed by atoms with E-state index < -0.39 is 5.97 Å². The highest BCUT2D eigenvalue weighted by atomic mass is 16.4. The molecule has 1 aromatic carbocycles. The number of carbonyl (C=O) groups excluding carboxylic acids is 1. The van der Waals surface area contributed by atoms with Crippen LogP contribution in [0.2, 0.25) is 0 Å². The van der Waals surface area contributed by atoms with Gasteiger partial charge >= 0.3 is 5.97 Å². The molecule has 0 saturated heterocycles. The third-order valence-electron chi connectivity index (χ3n) is 2.83. The van der Waals surface area contributed by atoms with Gasteiger partial charge in [0, 0.05) is 5.69 Å². The Morgan fingerprint density at radius 1 is 1.26 bits per heavy atom. The monoisotopic (exact) mass is 264 g/mol. The Morgan fingerprint density at radius 3 is 2.47 bits per heavy atom. The molecule has 0 radical (unpaired) electrons. The van der Waals surface area contributed by atoms with Gasteiger partial charge in [-0.05, 0) is 32.0 Å². The number of carboxylic acids is 1. The summed E-state index contributed by atoms with van der Waals surface area (Å²) in [6.07, 6.45) is 0. The molecule has 1 aromatic rings. The van der Waals surface area contributed by atoms with Crippen LogP contribution in [0, 0.1) is 13.8 Å². The number of carbonyl (C=O) groups is 2. The van der Waals surface area contributed by atoms with Gasteiger partial charge in [0.1, 0.15) is 0 Å². The summed E-state index contributed by atoms with van der Waals surface area (Å²) in [7, 11) is 0. The molecule has 0 bridgehead atoms. The van der Waals surface area contributed by atoms with Gasteiger partial charge in [-0.25, -0.2) is 0 Å². The number of rotatable bonds is 6. The second kappa shape index (κ2) is 6.89. The van der Waals surface area contributed by atoms with Gasteiger partial charge in [-0.15, -0.1) is 0 Å². The van der Waals surface area contributed by atoms with E-state index in [1.54, 1.807) is 4.90 Å². The second-order valence-electron chi connectivity index (χ2n) is 4.56. The predicted molar refractivity (Wildman–Crippen MR) is 74.3 cm³/mol. The summed E-state index contributed by atoms with van der Waals surface area (Å²) >= 11 is 0. The molecular weight excluding hydrogens is 244 g/mol. The Hall–Kier alpha value is -1.88. The van der Waals surface area contributed by atoms with Crippen LogP contribution in [0.1, 0.15) is 18.1 Å². The lowest BCUT2D eigenvalue weighted by Crippen LogP contribution is -2.36. The van der Waals surface area contributed by atoms with E-state index >= 15 is 0 Å². The van der Waals surface area contributed by atoms with Crippen LogP contribution in [0.15, 0.2) is 18.2 Å². The van der Waals surface area contributed by atoms with E-state index in [2.05, 4.69) is 5.32 Å². The van der Waals surface area contributed by atoms with Crippen LogP contribution in [-0.4, -0.2) is 41.5 Å². The highest BCUT2D eigenvalue weighted by molar-refractivity contribution is 5.93. The molecular formula is C14H20N2O3. The van der Waals surface area contributed by atoms with Crippen LogP contribution in [0.3, 0.4) is 0 Å². The minimum absolute atomic E-state index is 0.0795. The number of aryl methyl sites for hydroxylation is 2. The Morgan fingerprint density at radius 2 is 1.95 bits per heavy atom. The Kier molecular flexibility index (Phi) is 5.51. The molecule has 0 fully saturated rings. The molecule has 1 amide bonds. The molecule has 0 unspecified atom stereocenters. The maximum atomic E-state index is 11.9. The van der Waals surface area contributed by atoms with Crippen LogP contribution in [0.25, 0.3) is 0 Å². The number of hydrogen-bond donors (Lipinski definition) is 2. The van der Waals surface area contributed by atoms with Gasteiger partial charge in [-0.1, -0.05) is 24.6 Å². The van der Waals surface area contributed by atoms with Crippen molar-refractivity contribution in [2.24, 2.45) is 0 Å². The number of aliphatic carboxylic acids is 1. The van der Waals surface area contributed by atoms with Crippen LogP contribution >= 0.6 is 0 Å². The fraction of sp³-hybridized carbons (Fsp3) is 0.429. The number of benzene rings is 1. The lowest BCUT2D eigenvalue weighted by atomic mass is 10.1. The molecule has 0 heterocycles. The first-order chi connectivity index (χ1) is 8.92. The first-order valence-corrected chi connectivity index (χ1v) is 6.23. The van der Waals surface area contributed by atoms with E-state index in [0.29, 0.717) is 6.54 Å². The largest absolute Gasteiger partial charge is 0.480 e. The average Bonchev–Trinajstić information content (AvgIpc) is 2.31. The average molecular weight is 264 g/mol. The smallest absolute Gasteiger partial charge is 0.317 e. The van der Waals surface area contributed by atoms with E-state index in [9.17, 15) is 9.59 Å². The van der Waals surface area contributed by atoms with Gasteiger partial charge < -0.3 is 10.4 Å². The number of hydrogen-bond acceptors (Lipinski definition) is 3. The zero-order chi connectivity index (χ0) is 14.4. The minimum Gasteiger partial charge on any atom is -0.480 e. The molecule has 0 aromatic heterocycles. The Balaban J connectivity index is 2.61. The third-order valence-corrected chi connectivity index (χ3v) is 2.83. The van der Waals surface area contributed by atoms with Crippen molar-refractivity contribution < 1.29 is 14.7 Å². The lowest BCUT2D eigenvalue weighted by molar-refractivity contribution is -0.138. The summed E-state index contributed by atoms with van der Waals surface area (Å²) in [6, 6.07) is 5.78. The van der Waals surface area contributed by atoms with E-state index in [1.807, 2.05) is 39.0 Å². The number of anilines is 1. The summed E-state index contributed by atoms with van der Waals surface area (Å²) in [5.41, 5.74) is 2.90. The minimum atomic E-state index is -0.929. The van der Waals surface area contributed by atoms with Crippen LogP contribution < -0.4 is 5.32 Å². The standard InChI is InChI=1S/C14H20N2O3/c1-4-16(9-14(18)19)8-13(17)15-12-6-5-10(2)7-11(12)3/h5-7H,4,8-9H2,1-3H3,(H,15,17)(H,18,19). The van der Waals surface area contributed by atoms with Gasteiger partial charge in [0.25, 0.3) is 0 Å². The van der Waals surface area contributed by atoms with Crippen molar-refractivity contribution in [1.29, 1.82) is 0 Å². The first kappa shape index (κ1) is 15.2. The van der Waals surface area contributed by atoms with Crippen LogP contribution in [0.5, 0.6) is 0 Å². The topological polar surface area (TPSA) is 69.6 Å². The van der Waals surface area contributed by atoms with Gasteiger partial charge in [0.2, 0.25) is 5.91 Å². The first-order valence-electron chi connectivity index (χ1n) is 6.23. The summed E-state index contributed by atoms with van der Waals surface area (Å²) in [4.78, 5) is 24.1. The molecule has 104 valence electrons. The summed E-state index contributed by atoms with van der Waals surface area (Å²) in [5, 5.41) is 11.5.